The van der Waals surface area contributed by atoms with Crippen LogP contribution in [0.25, 0.3) is 0 Å². The highest BCUT2D eigenvalue weighted by molar-refractivity contribution is 9.18. The first-order valence-electron chi connectivity index (χ1n) is 5.28. The molecular formula is C13H18BrNO. The zero-order chi connectivity index (χ0) is 12.5. The minimum absolute atomic E-state index is 0.0959. The van der Waals surface area contributed by atoms with Gasteiger partial charge >= 0.3 is 0 Å². The van der Waals surface area contributed by atoms with Crippen molar-refractivity contribution in [2.75, 3.05) is 11.9 Å². The first-order valence-corrected chi connectivity index (χ1v) is 6.07. The number of hydrogen-bond acceptors (Lipinski definition) is 1. The van der Waals surface area contributed by atoms with Crippen molar-refractivity contribution < 1.29 is 4.79 Å². The number of nitrogens with zero attached hydrogens (tertiary/aromatic N) is 1. The summed E-state index contributed by atoms with van der Waals surface area (Å²) in [6.45, 7) is 8.50. The molecule has 0 aromatic heterocycles. The monoisotopic (exact) mass is 283 g/mol. The fraction of sp³-hybridized carbons (Fsp3) is 0.462. The summed E-state index contributed by atoms with van der Waals surface area (Å²) in [5.41, 5.74) is 3.38. The average molecular weight is 284 g/mol. The van der Waals surface area contributed by atoms with E-state index in [-0.39, 0.29) is 10.2 Å². The van der Waals surface area contributed by atoms with E-state index in [1.165, 1.54) is 5.56 Å². The summed E-state index contributed by atoms with van der Waals surface area (Å²) in [5.74, 6) is 0. The van der Waals surface area contributed by atoms with Gasteiger partial charge in [-0.15, -0.1) is 0 Å². The van der Waals surface area contributed by atoms with Crippen LogP contribution in [-0.4, -0.2) is 11.9 Å². The van der Waals surface area contributed by atoms with Crippen molar-refractivity contribution in [1.82, 2.24) is 0 Å². The molecule has 1 amide bonds. The Morgan fingerprint density at radius 1 is 1.31 bits per heavy atom. The van der Waals surface area contributed by atoms with Crippen molar-refractivity contribution in [3.63, 3.8) is 0 Å². The molecule has 0 fully saturated rings. The lowest BCUT2D eigenvalue weighted by Gasteiger charge is -2.23. The van der Waals surface area contributed by atoms with Crippen LogP contribution in [0, 0.1) is 6.92 Å². The second-order valence-corrected chi connectivity index (χ2v) is 5.74. The van der Waals surface area contributed by atoms with Crippen LogP contribution in [0.15, 0.2) is 18.2 Å². The maximum atomic E-state index is 11.3. The van der Waals surface area contributed by atoms with Gasteiger partial charge in [-0.2, -0.15) is 0 Å². The van der Waals surface area contributed by atoms with Crippen LogP contribution in [0.2, 0.25) is 0 Å². The largest absolute Gasteiger partial charge is 0.306 e. The Balaban J connectivity index is 3.24. The first kappa shape index (κ1) is 13.2. The Bertz CT molecular complexity index is 407. The molecule has 1 rings (SSSR count). The van der Waals surface area contributed by atoms with E-state index in [2.05, 4.69) is 54.9 Å². The van der Waals surface area contributed by atoms with Gasteiger partial charge in [-0.3, -0.25) is 4.79 Å². The highest BCUT2D eigenvalue weighted by atomic mass is 79.9. The molecule has 0 saturated heterocycles. The molecule has 0 bridgehead atoms. The lowest BCUT2D eigenvalue weighted by Crippen LogP contribution is -2.21. The predicted molar refractivity (Wildman–Crippen MR) is 72.6 cm³/mol. The molecule has 0 atom stereocenters. The van der Waals surface area contributed by atoms with Crippen LogP contribution in [0.1, 0.15) is 31.9 Å². The van der Waals surface area contributed by atoms with Crippen LogP contribution < -0.4 is 4.90 Å². The van der Waals surface area contributed by atoms with Crippen molar-refractivity contribution in [2.24, 2.45) is 0 Å². The minimum atomic E-state index is -0.123. The maximum absolute atomic E-state index is 11.3. The summed E-state index contributed by atoms with van der Waals surface area (Å²) in [5, 5.41) is 0. The van der Waals surface area contributed by atoms with Crippen molar-refractivity contribution in [3.8, 4) is 0 Å². The van der Waals surface area contributed by atoms with Crippen LogP contribution in [0.3, 0.4) is 0 Å². The first-order chi connectivity index (χ1) is 7.23. The Labute approximate surface area is 106 Å². The normalized spacial score (nSPS) is 11.4. The third kappa shape index (κ3) is 2.85. The number of carbonyl (C=O) groups excluding carboxylic acids is 1. The molecule has 1 aromatic rings. The summed E-state index contributed by atoms with van der Waals surface area (Å²) in [4.78, 5) is 12.8. The molecule has 0 heterocycles. The second kappa shape index (κ2) is 4.58. The molecule has 0 N–H and O–H groups in total. The standard InChI is InChI=1S/C13H18BrNO/c1-9-6-7-10(13(2,3)4)8-11(9)15(5)12(14)16/h6-8H,1-5H3. The quantitative estimate of drug-likeness (QED) is 0.558. The molecule has 0 aliphatic carbocycles. The van der Waals surface area contributed by atoms with Crippen LogP contribution >= 0.6 is 15.9 Å². The van der Waals surface area contributed by atoms with Crippen molar-refractivity contribution in [1.29, 1.82) is 0 Å². The molecule has 0 saturated carbocycles. The molecule has 0 unspecified atom stereocenters. The highest BCUT2D eigenvalue weighted by Gasteiger charge is 2.17. The van der Waals surface area contributed by atoms with E-state index in [1.807, 2.05) is 6.92 Å². The van der Waals surface area contributed by atoms with Gasteiger partial charge in [0.15, 0.2) is 0 Å². The van der Waals surface area contributed by atoms with Gasteiger partial charge in [0.05, 0.1) is 0 Å². The van der Waals surface area contributed by atoms with Gasteiger partial charge in [-0.05, 0) is 29.5 Å². The van der Waals surface area contributed by atoms with Gasteiger partial charge in [-0.25, -0.2) is 0 Å². The average Bonchev–Trinajstić information content (AvgIpc) is 2.15. The van der Waals surface area contributed by atoms with Crippen LogP contribution in [-0.2, 0) is 5.41 Å². The SMILES string of the molecule is Cc1ccc(C(C)(C)C)cc1N(C)C(=O)Br. The predicted octanol–water partition coefficient (Wildman–Crippen LogP) is 4.24. The topological polar surface area (TPSA) is 20.3 Å². The van der Waals surface area contributed by atoms with E-state index in [9.17, 15) is 4.79 Å². The summed E-state index contributed by atoms with van der Waals surface area (Å²) in [7, 11) is 1.77. The fourth-order valence-corrected chi connectivity index (χ4v) is 1.72. The number of anilines is 1. The summed E-state index contributed by atoms with van der Waals surface area (Å²) in [6.07, 6.45) is 0. The maximum Gasteiger partial charge on any atom is 0.293 e. The number of rotatable bonds is 1. The van der Waals surface area contributed by atoms with E-state index in [0.717, 1.165) is 11.3 Å². The Morgan fingerprint density at radius 2 is 1.88 bits per heavy atom. The van der Waals surface area contributed by atoms with Crippen LogP contribution in [0.5, 0.6) is 0 Å². The zero-order valence-corrected chi connectivity index (χ0v) is 12.1. The van der Waals surface area contributed by atoms with Gasteiger partial charge in [0.25, 0.3) is 4.82 Å². The van der Waals surface area contributed by atoms with E-state index in [0.29, 0.717) is 0 Å². The van der Waals surface area contributed by atoms with Gasteiger partial charge in [0.2, 0.25) is 0 Å². The third-order valence-electron chi connectivity index (χ3n) is 2.70. The van der Waals surface area contributed by atoms with Crippen molar-refractivity contribution >= 4 is 26.4 Å². The van der Waals surface area contributed by atoms with Gasteiger partial charge in [0, 0.05) is 28.7 Å². The van der Waals surface area contributed by atoms with Crippen molar-refractivity contribution in [3.05, 3.63) is 29.3 Å². The molecule has 0 aliphatic heterocycles. The zero-order valence-electron chi connectivity index (χ0n) is 10.5. The molecule has 0 spiro atoms. The highest BCUT2D eigenvalue weighted by Crippen LogP contribution is 2.29. The number of carbonyl (C=O) groups is 1. The summed E-state index contributed by atoms with van der Waals surface area (Å²) < 4.78 is 0. The number of aryl methyl sites for hydroxylation is 1. The van der Waals surface area contributed by atoms with E-state index < -0.39 is 0 Å². The molecule has 0 aliphatic rings. The second-order valence-electron chi connectivity index (χ2n) is 5.06. The molecule has 0 radical (unpaired) electrons. The number of hydrogen-bond donors (Lipinski definition) is 0. The lowest BCUT2D eigenvalue weighted by molar-refractivity contribution is 0.267. The Hall–Kier alpha value is -0.830. The van der Waals surface area contributed by atoms with Crippen molar-refractivity contribution in [2.45, 2.75) is 33.1 Å². The lowest BCUT2D eigenvalue weighted by atomic mass is 9.86. The molecule has 1 aromatic carbocycles. The van der Waals surface area contributed by atoms with Gasteiger partial charge in [0.1, 0.15) is 0 Å². The fourth-order valence-electron chi connectivity index (χ4n) is 1.53. The van der Waals surface area contributed by atoms with Gasteiger partial charge < -0.3 is 4.90 Å². The van der Waals surface area contributed by atoms with Crippen LogP contribution in [0.4, 0.5) is 10.5 Å². The van der Waals surface area contributed by atoms with Gasteiger partial charge in [-0.1, -0.05) is 32.9 Å². The molecule has 2 nitrogen and oxygen atoms in total. The Morgan fingerprint density at radius 3 is 2.31 bits per heavy atom. The number of benzene rings is 1. The molecule has 88 valence electrons. The molecule has 16 heavy (non-hydrogen) atoms. The smallest absolute Gasteiger partial charge is 0.293 e. The summed E-state index contributed by atoms with van der Waals surface area (Å²) in [6, 6.07) is 6.25. The van der Waals surface area contributed by atoms with E-state index >= 15 is 0 Å². The van der Waals surface area contributed by atoms with E-state index in [4.69, 9.17) is 0 Å². The summed E-state index contributed by atoms with van der Waals surface area (Å²) >= 11 is 2.97. The third-order valence-corrected chi connectivity index (χ3v) is 3.23. The molecular weight excluding hydrogens is 266 g/mol. The van der Waals surface area contributed by atoms with E-state index in [1.54, 1.807) is 11.9 Å². The Kier molecular flexibility index (Phi) is 3.79. The number of amides is 1. The number of halogens is 1. The molecule has 3 heteroatoms. The minimum Gasteiger partial charge on any atom is -0.306 e.